The van der Waals surface area contributed by atoms with E-state index in [2.05, 4.69) is 10.6 Å². The van der Waals surface area contributed by atoms with Crippen LogP contribution in [-0.2, 0) is 4.79 Å². The Balaban J connectivity index is 1.60. The molecule has 0 bridgehead atoms. The van der Waals surface area contributed by atoms with Crippen molar-refractivity contribution in [3.63, 3.8) is 0 Å². The minimum atomic E-state index is -0.416. The van der Waals surface area contributed by atoms with E-state index >= 15 is 0 Å². The molecule has 0 radical (unpaired) electrons. The molecule has 0 aliphatic heterocycles. The maximum absolute atomic E-state index is 12.4. The highest BCUT2D eigenvalue weighted by atomic mass is 35.5. The average molecular weight is 411 g/mol. The fourth-order valence-electron chi connectivity index (χ4n) is 2.63. The van der Waals surface area contributed by atoms with E-state index in [1.807, 2.05) is 19.1 Å². The number of para-hydroxylation sites is 1. The molecule has 0 atom stereocenters. The number of anilines is 2. The smallest absolute Gasteiger partial charge is 0.262 e. The molecule has 0 aliphatic carbocycles. The number of ether oxygens (including phenoxy) is 1. The number of phenols is 1. The number of phenolic OH excluding ortho intramolecular Hbond substituents is 1. The molecule has 3 aromatic rings. The topological polar surface area (TPSA) is 87.7 Å². The number of hydrogen-bond acceptors (Lipinski definition) is 4. The summed E-state index contributed by atoms with van der Waals surface area (Å²) >= 11 is 5.98. The van der Waals surface area contributed by atoms with Crippen molar-refractivity contribution in [2.45, 2.75) is 6.92 Å². The lowest BCUT2D eigenvalue weighted by Gasteiger charge is -2.12. The van der Waals surface area contributed by atoms with Crippen LogP contribution in [0.15, 0.2) is 66.7 Å². The molecule has 148 valence electrons. The predicted octanol–water partition coefficient (Wildman–Crippen LogP) is 4.62. The van der Waals surface area contributed by atoms with Crippen LogP contribution < -0.4 is 15.4 Å². The van der Waals surface area contributed by atoms with Crippen molar-refractivity contribution < 1.29 is 19.4 Å². The fraction of sp³-hybridized carbons (Fsp3) is 0.0909. The fourth-order valence-corrected chi connectivity index (χ4v) is 2.82. The first-order valence-electron chi connectivity index (χ1n) is 8.81. The van der Waals surface area contributed by atoms with E-state index in [1.54, 1.807) is 42.5 Å². The van der Waals surface area contributed by atoms with E-state index in [4.69, 9.17) is 16.3 Å². The lowest BCUT2D eigenvalue weighted by Crippen LogP contribution is -2.20. The number of hydrogen-bond donors (Lipinski definition) is 3. The van der Waals surface area contributed by atoms with Gasteiger partial charge in [0.25, 0.3) is 11.8 Å². The number of nitrogens with one attached hydrogen (secondary N) is 2. The Kier molecular flexibility index (Phi) is 6.36. The van der Waals surface area contributed by atoms with Gasteiger partial charge in [0, 0.05) is 17.3 Å². The predicted molar refractivity (Wildman–Crippen MR) is 113 cm³/mol. The van der Waals surface area contributed by atoms with Gasteiger partial charge in [-0.15, -0.1) is 0 Å². The SMILES string of the molecule is Cc1ccccc1C(=O)Nc1ccc(NC(=O)COc2ccccc2Cl)cc1O. The summed E-state index contributed by atoms with van der Waals surface area (Å²) < 4.78 is 5.37. The van der Waals surface area contributed by atoms with Crippen molar-refractivity contribution >= 4 is 34.8 Å². The van der Waals surface area contributed by atoms with Crippen LogP contribution in [0.1, 0.15) is 15.9 Å². The second-order valence-electron chi connectivity index (χ2n) is 6.27. The number of amides is 2. The van der Waals surface area contributed by atoms with Gasteiger partial charge in [0.2, 0.25) is 0 Å². The van der Waals surface area contributed by atoms with Gasteiger partial charge in [-0.3, -0.25) is 9.59 Å². The molecule has 0 aliphatic rings. The lowest BCUT2D eigenvalue weighted by atomic mass is 10.1. The van der Waals surface area contributed by atoms with Crippen molar-refractivity contribution in [2.75, 3.05) is 17.2 Å². The van der Waals surface area contributed by atoms with E-state index in [1.165, 1.54) is 12.1 Å². The Morgan fingerprint density at radius 3 is 2.45 bits per heavy atom. The van der Waals surface area contributed by atoms with Crippen molar-refractivity contribution in [2.24, 2.45) is 0 Å². The summed E-state index contributed by atoms with van der Waals surface area (Å²) in [6.07, 6.45) is 0. The maximum Gasteiger partial charge on any atom is 0.262 e. The maximum atomic E-state index is 12.4. The summed E-state index contributed by atoms with van der Waals surface area (Å²) in [6.45, 7) is 1.59. The third kappa shape index (κ3) is 5.27. The molecule has 0 heterocycles. The molecule has 0 saturated heterocycles. The third-order valence-electron chi connectivity index (χ3n) is 4.11. The molecule has 0 saturated carbocycles. The largest absolute Gasteiger partial charge is 0.506 e. The summed E-state index contributed by atoms with van der Waals surface area (Å²) in [7, 11) is 0. The van der Waals surface area contributed by atoms with Gasteiger partial charge < -0.3 is 20.5 Å². The van der Waals surface area contributed by atoms with Gasteiger partial charge in [-0.05, 0) is 42.8 Å². The second kappa shape index (κ2) is 9.12. The molecule has 3 N–H and O–H groups in total. The lowest BCUT2D eigenvalue weighted by molar-refractivity contribution is -0.118. The van der Waals surface area contributed by atoms with Crippen molar-refractivity contribution in [1.82, 2.24) is 0 Å². The Morgan fingerprint density at radius 1 is 1.00 bits per heavy atom. The highest BCUT2D eigenvalue weighted by molar-refractivity contribution is 6.32. The van der Waals surface area contributed by atoms with Crippen LogP contribution >= 0.6 is 11.6 Å². The minimum absolute atomic E-state index is 0.170. The number of carbonyl (C=O) groups is 2. The zero-order chi connectivity index (χ0) is 20.8. The highest BCUT2D eigenvalue weighted by Gasteiger charge is 2.12. The zero-order valence-corrected chi connectivity index (χ0v) is 16.4. The number of aryl methyl sites for hydroxylation is 1. The molecule has 0 aromatic heterocycles. The minimum Gasteiger partial charge on any atom is -0.506 e. The van der Waals surface area contributed by atoms with Crippen molar-refractivity contribution in [3.8, 4) is 11.5 Å². The normalized spacial score (nSPS) is 10.3. The van der Waals surface area contributed by atoms with E-state index in [0.29, 0.717) is 22.0 Å². The first-order chi connectivity index (χ1) is 13.9. The Hall–Kier alpha value is -3.51. The second-order valence-corrected chi connectivity index (χ2v) is 6.68. The summed E-state index contributed by atoms with van der Waals surface area (Å²) in [5.41, 5.74) is 1.95. The van der Waals surface area contributed by atoms with Crippen molar-refractivity contribution in [1.29, 1.82) is 0 Å². The molecule has 0 fully saturated rings. The van der Waals surface area contributed by atoms with E-state index < -0.39 is 5.91 Å². The van der Waals surface area contributed by atoms with Crippen LogP contribution in [0.4, 0.5) is 11.4 Å². The molecule has 0 spiro atoms. The van der Waals surface area contributed by atoms with Gasteiger partial charge in [0.15, 0.2) is 6.61 Å². The van der Waals surface area contributed by atoms with E-state index in [0.717, 1.165) is 5.56 Å². The molecule has 3 aromatic carbocycles. The molecular weight excluding hydrogens is 392 g/mol. The Bertz CT molecular complexity index is 1050. The van der Waals surface area contributed by atoms with Crippen LogP contribution in [0.5, 0.6) is 11.5 Å². The number of aromatic hydroxyl groups is 1. The van der Waals surface area contributed by atoms with Crippen LogP contribution in [0.3, 0.4) is 0 Å². The van der Waals surface area contributed by atoms with Gasteiger partial charge >= 0.3 is 0 Å². The number of rotatable bonds is 6. The number of benzene rings is 3. The standard InChI is InChI=1S/C22H19ClN2O4/c1-14-6-2-3-7-16(14)22(28)25-18-11-10-15(12-19(18)26)24-21(27)13-29-20-9-5-4-8-17(20)23/h2-12,26H,13H2,1H3,(H,24,27)(H,25,28). The van der Waals surface area contributed by atoms with Gasteiger partial charge in [-0.1, -0.05) is 41.9 Å². The van der Waals surface area contributed by atoms with Gasteiger partial charge in [0.1, 0.15) is 11.5 Å². The van der Waals surface area contributed by atoms with Gasteiger partial charge in [-0.2, -0.15) is 0 Å². The van der Waals surface area contributed by atoms with Crippen LogP contribution in [0.2, 0.25) is 5.02 Å². The Labute approximate surface area is 173 Å². The quantitative estimate of drug-likeness (QED) is 0.517. The number of carbonyl (C=O) groups excluding carboxylic acids is 2. The van der Waals surface area contributed by atoms with Gasteiger partial charge in [0.05, 0.1) is 10.7 Å². The molecule has 2 amide bonds. The molecule has 3 rings (SSSR count). The van der Waals surface area contributed by atoms with Crippen LogP contribution in [-0.4, -0.2) is 23.5 Å². The molecule has 6 nitrogen and oxygen atoms in total. The average Bonchev–Trinajstić information content (AvgIpc) is 2.69. The molecular formula is C22H19ClN2O4. The Morgan fingerprint density at radius 2 is 1.72 bits per heavy atom. The summed E-state index contributed by atoms with van der Waals surface area (Å²) in [4.78, 5) is 24.4. The molecule has 7 heteroatoms. The molecule has 29 heavy (non-hydrogen) atoms. The number of halogens is 1. The molecule has 0 unspecified atom stereocenters. The summed E-state index contributed by atoms with van der Waals surface area (Å²) in [5.74, 6) is -0.512. The highest BCUT2D eigenvalue weighted by Crippen LogP contribution is 2.28. The third-order valence-corrected chi connectivity index (χ3v) is 4.43. The summed E-state index contributed by atoms with van der Waals surface area (Å²) in [5, 5.41) is 15.9. The van der Waals surface area contributed by atoms with E-state index in [9.17, 15) is 14.7 Å². The van der Waals surface area contributed by atoms with Crippen LogP contribution in [0, 0.1) is 6.92 Å². The zero-order valence-electron chi connectivity index (χ0n) is 15.6. The first kappa shape index (κ1) is 20.2. The summed E-state index contributed by atoms with van der Waals surface area (Å²) in [6, 6.07) is 18.4. The van der Waals surface area contributed by atoms with Crippen molar-refractivity contribution in [3.05, 3.63) is 82.9 Å². The monoisotopic (exact) mass is 410 g/mol. The van der Waals surface area contributed by atoms with Crippen LogP contribution in [0.25, 0.3) is 0 Å². The van der Waals surface area contributed by atoms with Gasteiger partial charge in [-0.25, -0.2) is 0 Å². The first-order valence-corrected chi connectivity index (χ1v) is 9.19. The van der Waals surface area contributed by atoms with E-state index in [-0.39, 0.29) is 24.0 Å².